The number of likely N-dealkylation sites (tertiary alicyclic amines) is 1. The lowest BCUT2D eigenvalue weighted by Gasteiger charge is -2.33. The van der Waals surface area contributed by atoms with Crippen LogP contribution >= 0.6 is 0 Å². The topological polar surface area (TPSA) is 61.5 Å². The Labute approximate surface area is 212 Å². The molecule has 1 aromatic carbocycles. The van der Waals surface area contributed by atoms with E-state index in [1.807, 2.05) is 17.9 Å². The third kappa shape index (κ3) is 5.18. The number of morpholine rings is 1. The van der Waals surface area contributed by atoms with Gasteiger partial charge in [-0.3, -0.25) is 14.7 Å². The van der Waals surface area contributed by atoms with Crippen molar-refractivity contribution < 1.29 is 13.9 Å². The number of amides is 1. The van der Waals surface area contributed by atoms with Crippen LogP contribution in [0.3, 0.4) is 0 Å². The van der Waals surface area contributed by atoms with E-state index in [2.05, 4.69) is 46.9 Å². The van der Waals surface area contributed by atoms with E-state index in [4.69, 9.17) is 4.74 Å². The largest absolute Gasteiger partial charge is 0.379 e. The van der Waals surface area contributed by atoms with E-state index < -0.39 is 0 Å². The van der Waals surface area contributed by atoms with Gasteiger partial charge in [0.2, 0.25) is 5.91 Å². The fourth-order valence-corrected chi connectivity index (χ4v) is 5.73. The van der Waals surface area contributed by atoms with Gasteiger partial charge in [-0.25, -0.2) is 4.39 Å². The van der Waals surface area contributed by atoms with Crippen LogP contribution in [0.4, 0.5) is 4.39 Å². The molecule has 0 unspecified atom stereocenters. The summed E-state index contributed by atoms with van der Waals surface area (Å²) in [6.45, 7) is 12.0. The summed E-state index contributed by atoms with van der Waals surface area (Å²) in [5, 5.41) is 1.16. The molecular weight excluding hydrogens is 455 g/mol. The van der Waals surface area contributed by atoms with Crippen molar-refractivity contribution in [3.8, 4) is 11.3 Å². The number of aryl methyl sites for hydroxylation is 1. The molecular formula is C29H37FN4O2. The second-order valence-corrected chi connectivity index (χ2v) is 10.5. The number of nitrogens with zero attached hydrogens (tertiary/aromatic N) is 3. The van der Waals surface area contributed by atoms with Crippen molar-refractivity contribution in [1.82, 2.24) is 19.8 Å². The number of ether oxygens (including phenoxy) is 1. The fourth-order valence-electron chi connectivity index (χ4n) is 5.73. The highest BCUT2D eigenvalue weighted by Crippen LogP contribution is 2.39. The Kier molecular flexibility index (Phi) is 7.39. The molecule has 1 N–H and O–H groups in total. The van der Waals surface area contributed by atoms with E-state index >= 15 is 0 Å². The van der Waals surface area contributed by atoms with E-state index in [0.717, 1.165) is 86.6 Å². The Balaban J connectivity index is 1.30. The lowest BCUT2D eigenvalue weighted by atomic mass is 9.87. The number of benzene rings is 1. The zero-order chi connectivity index (χ0) is 25.2. The minimum atomic E-state index is -0.306. The summed E-state index contributed by atoms with van der Waals surface area (Å²) in [6.07, 6.45) is 3.84. The number of hydrogen-bond donors (Lipinski definition) is 1. The van der Waals surface area contributed by atoms with Crippen molar-refractivity contribution in [2.24, 2.45) is 0 Å². The highest BCUT2D eigenvalue weighted by Gasteiger charge is 2.26. The van der Waals surface area contributed by atoms with E-state index in [1.54, 1.807) is 0 Å². The molecule has 2 saturated heterocycles. The van der Waals surface area contributed by atoms with Gasteiger partial charge in [-0.2, -0.15) is 0 Å². The van der Waals surface area contributed by atoms with Crippen LogP contribution in [-0.2, 0) is 9.53 Å². The Morgan fingerprint density at radius 3 is 2.64 bits per heavy atom. The molecule has 2 aliphatic rings. The molecule has 6 nitrogen and oxygen atoms in total. The van der Waals surface area contributed by atoms with Crippen molar-refractivity contribution in [1.29, 1.82) is 0 Å². The average Bonchev–Trinajstić information content (AvgIpc) is 3.28. The Hall–Kier alpha value is -2.77. The number of hydrogen-bond acceptors (Lipinski definition) is 4. The molecule has 0 spiro atoms. The number of fused-ring (bicyclic) bond motifs is 1. The second-order valence-electron chi connectivity index (χ2n) is 10.5. The Bertz CT molecular complexity index is 1220. The third-order valence-electron chi connectivity index (χ3n) is 7.77. The molecule has 192 valence electrons. The monoisotopic (exact) mass is 492 g/mol. The van der Waals surface area contributed by atoms with Crippen LogP contribution in [-0.4, -0.2) is 71.6 Å². The van der Waals surface area contributed by atoms with E-state index in [-0.39, 0.29) is 17.6 Å². The quantitative estimate of drug-likeness (QED) is 0.512. The maximum atomic E-state index is 14.7. The van der Waals surface area contributed by atoms with Crippen LogP contribution in [0.15, 0.2) is 30.5 Å². The molecule has 5 rings (SSSR count). The summed E-state index contributed by atoms with van der Waals surface area (Å²) < 4.78 is 20.1. The minimum Gasteiger partial charge on any atom is -0.379 e. The summed E-state index contributed by atoms with van der Waals surface area (Å²) >= 11 is 0. The Morgan fingerprint density at radius 2 is 1.92 bits per heavy atom. The highest BCUT2D eigenvalue weighted by atomic mass is 19.1. The highest BCUT2D eigenvalue weighted by molar-refractivity contribution is 5.92. The predicted molar refractivity (Wildman–Crippen MR) is 141 cm³/mol. The first kappa shape index (κ1) is 24.9. The molecule has 4 heterocycles. The maximum absolute atomic E-state index is 14.7. The predicted octanol–water partition coefficient (Wildman–Crippen LogP) is 5.23. The van der Waals surface area contributed by atoms with Gasteiger partial charge in [-0.15, -0.1) is 0 Å². The summed E-state index contributed by atoms with van der Waals surface area (Å²) in [4.78, 5) is 24.7. The number of carbonyl (C=O) groups excluding carboxylic acids is 1. The van der Waals surface area contributed by atoms with Crippen molar-refractivity contribution in [2.75, 3.05) is 45.9 Å². The third-order valence-corrected chi connectivity index (χ3v) is 7.77. The van der Waals surface area contributed by atoms with Gasteiger partial charge in [0.15, 0.2) is 5.82 Å². The van der Waals surface area contributed by atoms with Gasteiger partial charge in [-0.05, 0) is 60.9 Å². The molecule has 2 fully saturated rings. The number of aromatic nitrogens is 2. The van der Waals surface area contributed by atoms with Crippen molar-refractivity contribution in [2.45, 2.75) is 51.9 Å². The number of halogens is 1. The number of aromatic amines is 1. The second kappa shape index (κ2) is 10.7. The van der Waals surface area contributed by atoms with Gasteiger partial charge in [0, 0.05) is 61.3 Å². The molecule has 2 aliphatic heterocycles. The smallest absolute Gasteiger partial charge is 0.223 e. The van der Waals surface area contributed by atoms with Gasteiger partial charge in [-0.1, -0.05) is 19.9 Å². The van der Waals surface area contributed by atoms with Crippen LogP contribution in [0.5, 0.6) is 0 Å². The van der Waals surface area contributed by atoms with Gasteiger partial charge in [0.1, 0.15) is 0 Å². The van der Waals surface area contributed by atoms with Crippen LogP contribution in [0.2, 0.25) is 0 Å². The van der Waals surface area contributed by atoms with Crippen molar-refractivity contribution >= 4 is 16.8 Å². The number of rotatable bonds is 6. The van der Waals surface area contributed by atoms with Gasteiger partial charge in [0.05, 0.1) is 25.1 Å². The van der Waals surface area contributed by atoms with Crippen LogP contribution in [0.1, 0.15) is 61.8 Å². The number of piperidine rings is 1. The molecule has 0 radical (unpaired) electrons. The molecule has 3 aromatic rings. The molecule has 7 heteroatoms. The van der Waals surface area contributed by atoms with E-state index in [1.165, 1.54) is 11.8 Å². The van der Waals surface area contributed by atoms with Crippen LogP contribution in [0.25, 0.3) is 22.2 Å². The lowest BCUT2D eigenvalue weighted by molar-refractivity contribution is -0.132. The van der Waals surface area contributed by atoms with E-state index in [9.17, 15) is 9.18 Å². The first-order valence-electron chi connectivity index (χ1n) is 13.3. The fraction of sp³-hybridized carbons (Fsp3) is 0.517. The van der Waals surface area contributed by atoms with E-state index in [0.29, 0.717) is 17.9 Å². The molecule has 0 aliphatic carbocycles. The number of pyridine rings is 1. The zero-order valence-electron chi connectivity index (χ0n) is 21.6. The molecule has 2 aromatic heterocycles. The average molecular weight is 493 g/mol. The van der Waals surface area contributed by atoms with Crippen molar-refractivity contribution in [3.63, 3.8) is 0 Å². The van der Waals surface area contributed by atoms with Crippen LogP contribution in [0, 0.1) is 12.7 Å². The SMILES string of the molecule is Cc1cc(-c2[nH]c3ccc(C4CCN(C(=O)CCN5CCOCC5)CC4)cc3c2C(C)C)c(F)cn1. The Morgan fingerprint density at radius 1 is 1.17 bits per heavy atom. The lowest BCUT2D eigenvalue weighted by Crippen LogP contribution is -2.41. The normalized spacial score (nSPS) is 17.9. The van der Waals surface area contributed by atoms with Gasteiger partial charge >= 0.3 is 0 Å². The zero-order valence-corrected chi connectivity index (χ0v) is 21.6. The minimum absolute atomic E-state index is 0.239. The number of nitrogens with one attached hydrogen (secondary N) is 1. The molecule has 1 amide bonds. The standard InChI is InChI=1S/C29H37FN4O2/c1-19(2)28-24-17-22(4-5-26(24)32-29(28)23-16-20(3)31-18-25(23)30)21-6-10-34(11-7-21)27(35)8-9-33-12-14-36-15-13-33/h4-5,16-19,21,32H,6-15H2,1-3H3. The molecule has 0 bridgehead atoms. The summed E-state index contributed by atoms with van der Waals surface area (Å²) in [6, 6.07) is 8.43. The molecule has 0 saturated carbocycles. The summed E-state index contributed by atoms with van der Waals surface area (Å²) in [5.74, 6) is 0.626. The van der Waals surface area contributed by atoms with Gasteiger partial charge in [0.25, 0.3) is 0 Å². The summed E-state index contributed by atoms with van der Waals surface area (Å²) in [5.41, 5.74) is 5.70. The molecule has 0 atom stereocenters. The van der Waals surface area contributed by atoms with Crippen molar-refractivity contribution in [3.05, 3.63) is 53.1 Å². The van der Waals surface area contributed by atoms with Gasteiger partial charge < -0.3 is 14.6 Å². The first-order chi connectivity index (χ1) is 17.4. The number of carbonyl (C=O) groups is 1. The summed E-state index contributed by atoms with van der Waals surface area (Å²) in [7, 11) is 0. The first-order valence-corrected chi connectivity index (χ1v) is 13.3. The van der Waals surface area contributed by atoms with Crippen LogP contribution < -0.4 is 0 Å². The maximum Gasteiger partial charge on any atom is 0.223 e. The molecule has 36 heavy (non-hydrogen) atoms. The number of H-pyrrole nitrogens is 1.